The Morgan fingerprint density at radius 3 is 2.88 bits per heavy atom. The topological polar surface area (TPSA) is 58.4 Å². The van der Waals surface area contributed by atoms with Crippen LogP contribution in [0, 0.1) is 0 Å². The molecule has 4 rings (SSSR count). The zero-order valence-corrected chi connectivity index (χ0v) is 14.0. The van der Waals surface area contributed by atoms with Gasteiger partial charge in [-0.3, -0.25) is 4.79 Å². The minimum absolute atomic E-state index is 0.104. The smallest absolute Gasteiger partial charge is 0.254 e. The van der Waals surface area contributed by atoms with Gasteiger partial charge in [0.25, 0.3) is 5.91 Å². The molecule has 4 heteroatoms. The van der Waals surface area contributed by atoms with Gasteiger partial charge in [-0.2, -0.15) is 0 Å². The number of nitrogens with one attached hydrogen (secondary N) is 1. The number of nitrogen functional groups attached to an aromatic ring is 1. The number of nitrogens with two attached hydrogens (primary N) is 1. The van der Waals surface area contributed by atoms with Crippen LogP contribution in [0.3, 0.4) is 0 Å². The predicted molar refractivity (Wildman–Crippen MR) is 97.3 cm³/mol. The Morgan fingerprint density at radius 1 is 1.25 bits per heavy atom. The molecule has 4 nitrogen and oxygen atoms in total. The average Bonchev–Trinajstić information content (AvgIpc) is 2.99. The van der Waals surface area contributed by atoms with Crippen LogP contribution in [0.5, 0.6) is 0 Å². The van der Waals surface area contributed by atoms with Gasteiger partial charge in [0.1, 0.15) is 0 Å². The molecule has 2 atom stereocenters. The number of carbonyl (C=O) groups excluding carboxylic acids is 1. The van der Waals surface area contributed by atoms with Crippen LogP contribution in [0.15, 0.2) is 42.5 Å². The maximum absolute atomic E-state index is 13.1. The zero-order chi connectivity index (χ0) is 16.7. The van der Waals surface area contributed by atoms with Gasteiger partial charge < -0.3 is 16.0 Å². The molecule has 2 aliphatic rings. The Labute approximate surface area is 142 Å². The number of piperidine rings is 1. The van der Waals surface area contributed by atoms with Crippen molar-refractivity contribution in [1.29, 1.82) is 0 Å². The maximum Gasteiger partial charge on any atom is 0.254 e. The van der Waals surface area contributed by atoms with Crippen LogP contribution < -0.4 is 11.1 Å². The van der Waals surface area contributed by atoms with Crippen molar-refractivity contribution in [3.63, 3.8) is 0 Å². The Kier molecular flexibility index (Phi) is 3.68. The van der Waals surface area contributed by atoms with Gasteiger partial charge in [0, 0.05) is 31.1 Å². The fourth-order valence-corrected chi connectivity index (χ4v) is 4.32. The average molecular weight is 321 g/mol. The fraction of sp³-hybridized carbons (Fsp3) is 0.350. The van der Waals surface area contributed by atoms with E-state index in [0.717, 1.165) is 25.1 Å². The highest BCUT2D eigenvalue weighted by Gasteiger charge is 2.40. The molecular weight excluding hydrogens is 298 g/mol. The number of benzene rings is 2. The Balaban J connectivity index is 1.63. The van der Waals surface area contributed by atoms with E-state index in [1.165, 1.54) is 17.5 Å². The summed E-state index contributed by atoms with van der Waals surface area (Å²) in [6.07, 6.45) is 3.20. The molecule has 124 valence electrons. The quantitative estimate of drug-likeness (QED) is 0.835. The molecule has 2 aromatic rings. The van der Waals surface area contributed by atoms with Crippen molar-refractivity contribution in [2.75, 3.05) is 24.6 Å². The number of hydrogen-bond donors (Lipinski definition) is 2. The summed E-state index contributed by atoms with van der Waals surface area (Å²) in [6, 6.07) is 14.5. The van der Waals surface area contributed by atoms with Crippen molar-refractivity contribution in [2.45, 2.75) is 31.2 Å². The Bertz CT molecular complexity index is 786. The van der Waals surface area contributed by atoms with E-state index < -0.39 is 0 Å². The van der Waals surface area contributed by atoms with Crippen LogP contribution in [0.4, 0.5) is 11.4 Å². The first-order valence-electron chi connectivity index (χ1n) is 8.65. The van der Waals surface area contributed by atoms with Crippen LogP contribution in [0.25, 0.3) is 0 Å². The summed E-state index contributed by atoms with van der Waals surface area (Å²) in [4.78, 5) is 15.2. The van der Waals surface area contributed by atoms with Crippen molar-refractivity contribution >= 4 is 17.3 Å². The first-order chi connectivity index (χ1) is 11.7. The molecule has 0 radical (unpaired) electrons. The molecule has 2 aromatic carbocycles. The van der Waals surface area contributed by atoms with Crippen molar-refractivity contribution < 1.29 is 4.79 Å². The normalized spacial score (nSPS) is 22.0. The van der Waals surface area contributed by atoms with Gasteiger partial charge in [-0.15, -0.1) is 0 Å². The second-order valence-electron chi connectivity index (χ2n) is 6.77. The van der Waals surface area contributed by atoms with Crippen LogP contribution in [0.2, 0.25) is 0 Å². The molecule has 0 spiro atoms. The Morgan fingerprint density at radius 2 is 2.08 bits per heavy atom. The van der Waals surface area contributed by atoms with E-state index in [9.17, 15) is 4.79 Å². The molecule has 0 aromatic heterocycles. The van der Waals surface area contributed by atoms with Gasteiger partial charge in [-0.1, -0.05) is 24.3 Å². The number of carbonyl (C=O) groups is 1. The number of likely N-dealkylation sites (tertiary alicyclic amines) is 1. The van der Waals surface area contributed by atoms with Gasteiger partial charge in [0.2, 0.25) is 0 Å². The van der Waals surface area contributed by atoms with Gasteiger partial charge in [0.15, 0.2) is 0 Å². The molecule has 0 unspecified atom stereocenters. The van der Waals surface area contributed by atoms with Crippen LogP contribution >= 0.6 is 0 Å². The first kappa shape index (κ1) is 15.1. The summed E-state index contributed by atoms with van der Waals surface area (Å²) in [5.74, 6) is 0.583. The fourth-order valence-electron chi connectivity index (χ4n) is 4.32. The molecule has 1 amide bonds. The van der Waals surface area contributed by atoms with E-state index in [1.807, 2.05) is 19.2 Å². The summed E-state index contributed by atoms with van der Waals surface area (Å²) in [6.45, 7) is 0.835. The van der Waals surface area contributed by atoms with Crippen molar-refractivity contribution in [3.8, 4) is 0 Å². The number of nitrogens with zero attached hydrogens (tertiary/aromatic N) is 1. The van der Waals surface area contributed by atoms with E-state index in [4.69, 9.17) is 5.73 Å². The lowest BCUT2D eigenvalue weighted by molar-refractivity contribution is 0.0595. The number of anilines is 2. The first-order valence-corrected chi connectivity index (χ1v) is 8.65. The van der Waals surface area contributed by atoms with E-state index in [0.29, 0.717) is 17.2 Å². The largest absolute Gasteiger partial charge is 0.397 e. The summed E-state index contributed by atoms with van der Waals surface area (Å²) in [5.41, 5.74) is 11.0. The van der Waals surface area contributed by atoms with E-state index in [1.54, 1.807) is 6.07 Å². The number of hydrogen-bond acceptors (Lipinski definition) is 3. The minimum atomic E-state index is 0.104. The molecule has 1 aliphatic carbocycles. The lowest BCUT2D eigenvalue weighted by Crippen LogP contribution is -2.46. The van der Waals surface area contributed by atoms with Gasteiger partial charge in [-0.05, 0) is 48.6 Å². The highest BCUT2D eigenvalue weighted by atomic mass is 16.2. The standard InChI is InChI=1S/C20H23N3O/c1-22-18-9-8-14(11-17(18)21)20(24)23-10-4-7-16-15-6-3-2-5-13(15)12-19(16)23/h2-3,5-6,8-9,11,16,19,22H,4,7,10,12,21H2,1H3/t16-,19+/m1/s1. The zero-order valence-electron chi connectivity index (χ0n) is 14.0. The predicted octanol–water partition coefficient (Wildman–Crippen LogP) is 3.26. The number of fused-ring (bicyclic) bond motifs is 3. The molecule has 0 bridgehead atoms. The monoisotopic (exact) mass is 321 g/mol. The maximum atomic E-state index is 13.1. The molecule has 1 aliphatic heterocycles. The van der Waals surface area contributed by atoms with Crippen molar-refractivity contribution in [1.82, 2.24) is 4.90 Å². The second-order valence-corrected chi connectivity index (χ2v) is 6.77. The number of amides is 1. The molecule has 1 saturated heterocycles. The molecule has 1 heterocycles. The molecular formula is C20H23N3O. The Hall–Kier alpha value is -2.49. The van der Waals surface area contributed by atoms with Crippen molar-refractivity contribution in [3.05, 3.63) is 59.2 Å². The SMILES string of the molecule is CNc1ccc(C(=O)N2CCC[C@@H]3c4ccccc4C[C@@H]32)cc1N. The van der Waals surface area contributed by atoms with Gasteiger partial charge in [-0.25, -0.2) is 0 Å². The second kappa shape index (κ2) is 5.86. The summed E-state index contributed by atoms with van der Waals surface area (Å²) in [5, 5.41) is 3.04. The van der Waals surface area contributed by atoms with E-state index in [-0.39, 0.29) is 11.9 Å². The lowest BCUT2D eigenvalue weighted by atomic mass is 9.88. The van der Waals surface area contributed by atoms with Crippen LogP contribution in [0.1, 0.15) is 40.2 Å². The number of rotatable bonds is 2. The molecule has 1 fully saturated rings. The molecule has 3 N–H and O–H groups in total. The van der Waals surface area contributed by atoms with Crippen LogP contribution in [-0.4, -0.2) is 30.4 Å². The summed E-state index contributed by atoms with van der Waals surface area (Å²) in [7, 11) is 1.83. The lowest BCUT2D eigenvalue weighted by Gasteiger charge is -2.38. The van der Waals surface area contributed by atoms with E-state index >= 15 is 0 Å². The third kappa shape index (κ3) is 2.33. The highest BCUT2D eigenvalue weighted by molar-refractivity contribution is 5.96. The highest BCUT2D eigenvalue weighted by Crippen LogP contribution is 2.42. The summed E-state index contributed by atoms with van der Waals surface area (Å²) >= 11 is 0. The van der Waals surface area contributed by atoms with Crippen LogP contribution in [-0.2, 0) is 6.42 Å². The molecule has 0 saturated carbocycles. The third-order valence-corrected chi connectivity index (χ3v) is 5.49. The third-order valence-electron chi connectivity index (χ3n) is 5.49. The van der Waals surface area contributed by atoms with E-state index in [2.05, 4.69) is 34.5 Å². The summed E-state index contributed by atoms with van der Waals surface area (Å²) < 4.78 is 0. The van der Waals surface area contributed by atoms with Crippen molar-refractivity contribution in [2.24, 2.45) is 0 Å². The molecule has 24 heavy (non-hydrogen) atoms. The minimum Gasteiger partial charge on any atom is -0.397 e. The van der Waals surface area contributed by atoms with Gasteiger partial charge in [0.05, 0.1) is 11.4 Å². The van der Waals surface area contributed by atoms with Gasteiger partial charge >= 0.3 is 0 Å².